The minimum atomic E-state index is -4.38. The Kier molecular flexibility index (Phi) is 5.57. The molecule has 2 aromatic rings. The molecule has 150 valence electrons. The lowest BCUT2D eigenvalue weighted by atomic mass is 10.1. The molecule has 1 fully saturated rings. The van der Waals surface area contributed by atoms with Crippen LogP contribution in [0.1, 0.15) is 18.4 Å². The number of ether oxygens (including phenoxy) is 1. The number of rotatable bonds is 3. The molecule has 3 rings (SSSR count). The first-order chi connectivity index (χ1) is 13.2. The number of alkyl halides is 3. The molecule has 0 bridgehead atoms. The van der Waals surface area contributed by atoms with Crippen LogP contribution in [0.25, 0.3) is 0 Å². The van der Waals surface area contributed by atoms with Crippen molar-refractivity contribution in [3.63, 3.8) is 0 Å². The highest BCUT2D eigenvalue weighted by molar-refractivity contribution is 5.88. The molecule has 1 aromatic carbocycles. The second-order valence-electron chi connectivity index (χ2n) is 6.44. The summed E-state index contributed by atoms with van der Waals surface area (Å²) in [6.45, 7) is 0.867. The Morgan fingerprint density at radius 1 is 1.14 bits per heavy atom. The first kappa shape index (κ1) is 19.7. The Bertz CT molecular complexity index is 888. The molecule has 0 radical (unpaired) electrons. The third-order valence-corrected chi connectivity index (χ3v) is 4.41. The maximum Gasteiger partial charge on any atom is 0.416 e. The average molecular weight is 396 g/mol. The molecule has 1 aliphatic heterocycles. The van der Waals surface area contributed by atoms with Gasteiger partial charge in [0.2, 0.25) is 0 Å². The number of aryl methyl sites for hydroxylation is 1. The van der Waals surface area contributed by atoms with Gasteiger partial charge in [-0.2, -0.15) is 18.3 Å². The lowest BCUT2D eigenvalue weighted by molar-refractivity contribution is -0.137. The van der Waals surface area contributed by atoms with Gasteiger partial charge in [-0.3, -0.25) is 10.1 Å². The van der Waals surface area contributed by atoms with Crippen molar-refractivity contribution in [1.82, 2.24) is 14.7 Å². The summed E-state index contributed by atoms with van der Waals surface area (Å²) in [7, 11) is 1.49. The number of benzene rings is 1. The molecule has 1 aromatic heterocycles. The number of piperidine rings is 1. The van der Waals surface area contributed by atoms with Crippen molar-refractivity contribution in [2.45, 2.75) is 25.1 Å². The maximum absolute atomic E-state index is 12.6. The molecule has 0 unspecified atom stereocenters. The summed E-state index contributed by atoms with van der Waals surface area (Å²) in [6, 6.07) is 6.98. The van der Waals surface area contributed by atoms with Gasteiger partial charge in [0.25, 0.3) is 5.56 Å². The van der Waals surface area contributed by atoms with Gasteiger partial charge in [-0.25, -0.2) is 9.48 Å². The standard InChI is InChI=1S/C18H19F3N4O3/c1-24-16(26)7-6-15(23-24)22-17(27)25-10-8-14(9-11-25)28-13-4-2-12(3-5-13)18(19,20)21/h2-7,14H,8-11H2,1H3,(H,22,23,27). The smallest absolute Gasteiger partial charge is 0.416 e. The van der Waals surface area contributed by atoms with Crippen molar-refractivity contribution < 1.29 is 22.7 Å². The Labute approximate surface area is 158 Å². The van der Waals surface area contributed by atoms with Crippen LogP contribution in [-0.4, -0.2) is 39.9 Å². The highest BCUT2D eigenvalue weighted by Gasteiger charge is 2.30. The van der Waals surface area contributed by atoms with E-state index in [0.29, 0.717) is 31.7 Å². The summed E-state index contributed by atoms with van der Waals surface area (Å²) in [5.74, 6) is 0.639. The number of nitrogens with zero attached hydrogens (tertiary/aromatic N) is 3. The number of aromatic nitrogens is 2. The number of likely N-dealkylation sites (tertiary alicyclic amines) is 1. The fourth-order valence-electron chi connectivity index (χ4n) is 2.85. The first-order valence-corrected chi connectivity index (χ1v) is 8.66. The van der Waals surface area contributed by atoms with Crippen molar-refractivity contribution in [2.75, 3.05) is 18.4 Å². The summed E-state index contributed by atoms with van der Waals surface area (Å²) < 4.78 is 44.6. The fourth-order valence-corrected chi connectivity index (χ4v) is 2.85. The number of carbonyl (C=O) groups is 1. The lowest BCUT2D eigenvalue weighted by Crippen LogP contribution is -2.44. The van der Waals surface area contributed by atoms with Crippen molar-refractivity contribution >= 4 is 11.8 Å². The lowest BCUT2D eigenvalue weighted by Gasteiger charge is -2.32. The predicted molar refractivity (Wildman–Crippen MR) is 95.2 cm³/mol. The Balaban J connectivity index is 1.50. The van der Waals surface area contributed by atoms with Gasteiger partial charge in [-0.05, 0) is 30.3 Å². The molecule has 7 nitrogen and oxygen atoms in total. The van der Waals surface area contributed by atoms with E-state index in [1.54, 1.807) is 4.90 Å². The van der Waals surface area contributed by atoms with Crippen LogP contribution in [0.2, 0.25) is 0 Å². The van der Waals surface area contributed by atoms with E-state index < -0.39 is 11.7 Å². The molecule has 2 heterocycles. The summed E-state index contributed by atoms with van der Waals surface area (Å²) in [5, 5.41) is 6.58. The molecule has 0 atom stereocenters. The number of amides is 2. The van der Waals surface area contributed by atoms with Crippen LogP contribution >= 0.6 is 0 Å². The van der Waals surface area contributed by atoms with Gasteiger partial charge >= 0.3 is 12.2 Å². The topological polar surface area (TPSA) is 76.5 Å². The molecule has 28 heavy (non-hydrogen) atoms. The van der Waals surface area contributed by atoms with Crippen LogP contribution in [0.4, 0.5) is 23.8 Å². The quantitative estimate of drug-likeness (QED) is 0.866. The van der Waals surface area contributed by atoms with Gasteiger partial charge in [0.1, 0.15) is 11.9 Å². The first-order valence-electron chi connectivity index (χ1n) is 8.66. The largest absolute Gasteiger partial charge is 0.490 e. The number of hydrogen-bond donors (Lipinski definition) is 1. The zero-order chi connectivity index (χ0) is 20.3. The minimum Gasteiger partial charge on any atom is -0.490 e. The van der Waals surface area contributed by atoms with E-state index in [2.05, 4.69) is 10.4 Å². The highest BCUT2D eigenvalue weighted by Crippen LogP contribution is 2.30. The van der Waals surface area contributed by atoms with E-state index in [1.165, 1.54) is 31.3 Å². The van der Waals surface area contributed by atoms with Crippen LogP contribution in [-0.2, 0) is 13.2 Å². The summed E-state index contributed by atoms with van der Waals surface area (Å²) in [6.07, 6.45) is -3.46. The molecule has 0 spiro atoms. The number of anilines is 1. The monoisotopic (exact) mass is 396 g/mol. The molecule has 1 saturated heterocycles. The molecule has 1 N–H and O–H groups in total. The number of halogens is 3. The van der Waals surface area contributed by atoms with E-state index in [4.69, 9.17) is 4.74 Å². The molecular weight excluding hydrogens is 377 g/mol. The van der Waals surface area contributed by atoms with Gasteiger partial charge in [0.05, 0.1) is 5.56 Å². The third-order valence-electron chi connectivity index (χ3n) is 4.41. The van der Waals surface area contributed by atoms with Crippen LogP contribution < -0.4 is 15.6 Å². The van der Waals surface area contributed by atoms with E-state index in [0.717, 1.165) is 16.8 Å². The maximum atomic E-state index is 12.6. The number of urea groups is 1. The molecule has 10 heteroatoms. The fraction of sp³-hybridized carbons (Fsp3) is 0.389. The Morgan fingerprint density at radius 2 is 1.79 bits per heavy atom. The van der Waals surface area contributed by atoms with E-state index in [-0.39, 0.29) is 23.5 Å². The molecule has 1 aliphatic rings. The zero-order valence-electron chi connectivity index (χ0n) is 15.1. The molecular formula is C18H19F3N4O3. The number of hydrogen-bond acceptors (Lipinski definition) is 4. The van der Waals surface area contributed by atoms with E-state index in [9.17, 15) is 22.8 Å². The van der Waals surface area contributed by atoms with Gasteiger partial charge in [0, 0.05) is 39.0 Å². The predicted octanol–water partition coefficient (Wildman–Crippen LogP) is 2.87. The van der Waals surface area contributed by atoms with Gasteiger partial charge in [0.15, 0.2) is 5.82 Å². The average Bonchev–Trinajstić information content (AvgIpc) is 2.65. The Morgan fingerprint density at radius 3 is 2.36 bits per heavy atom. The zero-order valence-corrected chi connectivity index (χ0v) is 15.1. The minimum absolute atomic E-state index is 0.184. The van der Waals surface area contributed by atoms with E-state index in [1.807, 2.05) is 0 Å². The SMILES string of the molecule is Cn1nc(NC(=O)N2CCC(Oc3ccc(C(F)(F)F)cc3)CC2)ccc1=O. The summed E-state index contributed by atoms with van der Waals surface area (Å²) in [4.78, 5) is 25.2. The molecule has 2 amide bonds. The number of carbonyl (C=O) groups excluding carboxylic acids is 1. The second kappa shape index (κ2) is 7.91. The number of nitrogens with one attached hydrogen (secondary N) is 1. The Hall–Kier alpha value is -3.04. The normalized spacial score (nSPS) is 15.4. The summed E-state index contributed by atoms with van der Waals surface area (Å²) >= 11 is 0. The van der Waals surface area contributed by atoms with Gasteiger partial charge in [-0.1, -0.05) is 0 Å². The van der Waals surface area contributed by atoms with Crippen LogP contribution in [0, 0.1) is 0 Å². The van der Waals surface area contributed by atoms with Crippen molar-refractivity contribution in [3.8, 4) is 5.75 Å². The van der Waals surface area contributed by atoms with Crippen molar-refractivity contribution in [3.05, 3.63) is 52.3 Å². The second-order valence-corrected chi connectivity index (χ2v) is 6.44. The van der Waals surface area contributed by atoms with Crippen LogP contribution in [0.3, 0.4) is 0 Å². The highest BCUT2D eigenvalue weighted by atomic mass is 19.4. The summed E-state index contributed by atoms with van der Waals surface area (Å²) in [5.41, 5.74) is -1.00. The molecule has 0 saturated carbocycles. The third kappa shape index (κ3) is 4.81. The van der Waals surface area contributed by atoms with Crippen LogP contribution in [0.5, 0.6) is 5.75 Å². The van der Waals surface area contributed by atoms with Crippen LogP contribution in [0.15, 0.2) is 41.2 Å². The van der Waals surface area contributed by atoms with Crippen molar-refractivity contribution in [2.24, 2.45) is 7.05 Å². The van der Waals surface area contributed by atoms with E-state index >= 15 is 0 Å². The van der Waals surface area contributed by atoms with Crippen molar-refractivity contribution in [1.29, 1.82) is 0 Å². The van der Waals surface area contributed by atoms with Gasteiger partial charge in [-0.15, -0.1) is 0 Å². The van der Waals surface area contributed by atoms with Gasteiger partial charge < -0.3 is 9.64 Å². The molecule has 0 aliphatic carbocycles.